The quantitative estimate of drug-likeness (QED) is 0.676. The van der Waals surface area contributed by atoms with E-state index < -0.39 is 0 Å². The molecule has 15 heavy (non-hydrogen) atoms. The van der Waals surface area contributed by atoms with Crippen molar-refractivity contribution in [3.8, 4) is 6.07 Å². The molecule has 76 valence electrons. The largest absolute Gasteiger partial charge is 0.333 e. The standard InChI is InChI=1S/C11H9ClN2O/c12-4-11(15)14-6-9-2-1-8(5-13)3-10(9)7-14/h1-3H,4,6-7H2. The summed E-state index contributed by atoms with van der Waals surface area (Å²) in [6, 6.07) is 7.58. The molecule has 0 radical (unpaired) electrons. The second-order valence-corrected chi connectivity index (χ2v) is 3.75. The van der Waals surface area contributed by atoms with Crippen molar-refractivity contribution in [2.24, 2.45) is 0 Å². The zero-order valence-electron chi connectivity index (χ0n) is 8.03. The Labute approximate surface area is 92.9 Å². The lowest BCUT2D eigenvalue weighted by molar-refractivity contribution is -0.129. The zero-order chi connectivity index (χ0) is 10.8. The summed E-state index contributed by atoms with van der Waals surface area (Å²) in [6.07, 6.45) is 0. The van der Waals surface area contributed by atoms with E-state index in [2.05, 4.69) is 6.07 Å². The average molecular weight is 221 g/mol. The van der Waals surface area contributed by atoms with Crippen LogP contribution >= 0.6 is 11.6 Å². The van der Waals surface area contributed by atoms with Gasteiger partial charge in [-0.2, -0.15) is 5.26 Å². The van der Waals surface area contributed by atoms with Gasteiger partial charge in [0.05, 0.1) is 11.6 Å². The monoisotopic (exact) mass is 220 g/mol. The highest BCUT2D eigenvalue weighted by Crippen LogP contribution is 2.23. The van der Waals surface area contributed by atoms with Crippen LogP contribution in [-0.2, 0) is 17.9 Å². The van der Waals surface area contributed by atoms with Gasteiger partial charge < -0.3 is 4.90 Å². The number of carbonyl (C=O) groups is 1. The third-order valence-corrected chi connectivity index (χ3v) is 2.75. The minimum absolute atomic E-state index is 0.0130. The fourth-order valence-electron chi connectivity index (χ4n) is 1.72. The molecule has 4 heteroatoms. The first-order valence-electron chi connectivity index (χ1n) is 4.60. The molecule has 0 aromatic heterocycles. The van der Waals surface area contributed by atoms with E-state index >= 15 is 0 Å². The number of hydrogen-bond donors (Lipinski definition) is 0. The highest BCUT2D eigenvalue weighted by molar-refractivity contribution is 6.27. The molecule has 0 N–H and O–H groups in total. The third kappa shape index (κ3) is 1.81. The second kappa shape index (κ2) is 3.92. The summed E-state index contributed by atoms with van der Waals surface area (Å²) < 4.78 is 0. The van der Waals surface area contributed by atoms with E-state index in [1.807, 2.05) is 12.1 Å². The van der Waals surface area contributed by atoms with Crippen LogP contribution < -0.4 is 0 Å². The molecule has 1 amide bonds. The number of amides is 1. The summed E-state index contributed by atoms with van der Waals surface area (Å²) in [5.41, 5.74) is 2.79. The normalized spacial score (nSPS) is 13.5. The Morgan fingerprint density at radius 3 is 2.87 bits per heavy atom. The van der Waals surface area contributed by atoms with Gasteiger partial charge in [-0.25, -0.2) is 0 Å². The van der Waals surface area contributed by atoms with Crippen molar-refractivity contribution in [1.29, 1.82) is 5.26 Å². The Morgan fingerprint density at radius 1 is 1.47 bits per heavy atom. The summed E-state index contributed by atoms with van der Waals surface area (Å²) in [4.78, 5) is 13.1. The van der Waals surface area contributed by atoms with Crippen molar-refractivity contribution in [2.45, 2.75) is 13.1 Å². The van der Waals surface area contributed by atoms with Crippen molar-refractivity contribution in [2.75, 3.05) is 5.88 Å². The second-order valence-electron chi connectivity index (χ2n) is 3.48. The van der Waals surface area contributed by atoms with E-state index in [0.29, 0.717) is 18.7 Å². The molecule has 1 aliphatic rings. The summed E-state index contributed by atoms with van der Waals surface area (Å²) in [5, 5.41) is 8.74. The van der Waals surface area contributed by atoms with Gasteiger partial charge in [0.1, 0.15) is 5.88 Å². The summed E-state index contributed by atoms with van der Waals surface area (Å²) in [5.74, 6) is -0.0506. The van der Waals surface area contributed by atoms with Crippen LogP contribution in [0.15, 0.2) is 18.2 Å². The van der Waals surface area contributed by atoms with Gasteiger partial charge in [-0.05, 0) is 23.3 Å². The molecule has 0 bridgehead atoms. The van der Waals surface area contributed by atoms with Gasteiger partial charge in [0.2, 0.25) is 5.91 Å². The molecular formula is C11H9ClN2O. The van der Waals surface area contributed by atoms with Crippen LogP contribution in [0.3, 0.4) is 0 Å². The van der Waals surface area contributed by atoms with Crippen molar-refractivity contribution in [3.63, 3.8) is 0 Å². The summed E-state index contributed by atoms with van der Waals surface area (Å²) in [6.45, 7) is 1.17. The van der Waals surface area contributed by atoms with Gasteiger partial charge in [-0.3, -0.25) is 4.79 Å². The molecule has 0 saturated carbocycles. The van der Waals surface area contributed by atoms with Gasteiger partial charge in [-0.1, -0.05) is 6.07 Å². The van der Waals surface area contributed by atoms with Crippen molar-refractivity contribution in [1.82, 2.24) is 4.90 Å². The van der Waals surface area contributed by atoms with E-state index in [-0.39, 0.29) is 11.8 Å². The number of halogens is 1. The number of rotatable bonds is 1. The van der Waals surface area contributed by atoms with Gasteiger partial charge in [0, 0.05) is 13.1 Å². The molecule has 1 heterocycles. The van der Waals surface area contributed by atoms with E-state index in [1.54, 1.807) is 11.0 Å². The SMILES string of the molecule is N#Cc1ccc2c(c1)CN(C(=O)CCl)C2. The van der Waals surface area contributed by atoms with Crippen molar-refractivity contribution in [3.05, 3.63) is 34.9 Å². The Balaban J connectivity index is 2.24. The number of hydrogen-bond acceptors (Lipinski definition) is 2. The number of alkyl halides is 1. The Hall–Kier alpha value is -1.53. The zero-order valence-corrected chi connectivity index (χ0v) is 8.79. The molecule has 0 unspecified atom stereocenters. The number of fused-ring (bicyclic) bond motifs is 1. The van der Waals surface area contributed by atoms with Gasteiger partial charge in [0.25, 0.3) is 0 Å². The lowest BCUT2D eigenvalue weighted by Crippen LogP contribution is -2.26. The van der Waals surface area contributed by atoms with Gasteiger partial charge in [-0.15, -0.1) is 11.6 Å². The Kier molecular flexibility index (Phi) is 2.61. The molecule has 0 aliphatic carbocycles. The predicted molar refractivity (Wildman–Crippen MR) is 56.1 cm³/mol. The lowest BCUT2D eigenvalue weighted by Gasteiger charge is -2.12. The fourth-order valence-corrected chi connectivity index (χ4v) is 1.89. The minimum Gasteiger partial charge on any atom is -0.333 e. The first-order chi connectivity index (χ1) is 7.24. The molecule has 3 nitrogen and oxygen atoms in total. The molecule has 0 saturated heterocycles. The van der Waals surface area contributed by atoms with Crippen LogP contribution in [0.4, 0.5) is 0 Å². The van der Waals surface area contributed by atoms with Crippen molar-refractivity contribution < 1.29 is 4.79 Å². The number of carbonyl (C=O) groups excluding carboxylic acids is 1. The topological polar surface area (TPSA) is 44.1 Å². The molecule has 0 atom stereocenters. The molecular weight excluding hydrogens is 212 g/mol. The van der Waals surface area contributed by atoms with Crippen LogP contribution in [0.25, 0.3) is 0 Å². The first kappa shape index (κ1) is 10.0. The van der Waals surface area contributed by atoms with Crippen molar-refractivity contribution >= 4 is 17.5 Å². The predicted octanol–water partition coefficient (Wildman–Crippen LogP) is 1.64. The molecule has 2 rings (SSSR count). The van der Waals surface area contributed by atoms with Crippen LogP contribution in [0, 0.1) is 11.3 Å². The highest BCUT2D eigenvalue weighted by Gasteiger charge is 2.22. The van der Waals surface area contributed by atoms with Crippen LogP contribution in [0.5, 0.6) is 0 Å². The molecule has 1 aliphatic heterocycles. The first-order valence-corrected chi connectivity index (χ1v) is 5.13. The number of nitriles is 1. The molecule has 1 aromatic rings. The number of nitrogens with zero attached hydrogens (tertiary/aromatic N) is 2. The van der Waals surface area contributed by atoms with Crippen LogP contribution in [0.1, 0.15) is 16.7 Å². The molecule has 1 aromatic carbocycles. The minimum atomic E-state index is -0.0635. The molecule has 0 spiro atoms. The maximum atomic E-state index is 11.4. The summed E-state index contributed by atoms with van der Waals surface area (Å²) in [7, 11) is 0. The summed E-state index contributed by atoms with van der Waals surface area (Å²) >= 11 is 5.49. The fraction of sp³-hybridized carbons (Fsp3) is 0.273. The van der Waals surface area contributed by atoms with Crippen LogP contribution in [0.2, 0.25) is 0 Å². The maximum absolute atomic E-state index is 11.4. The van der Waals surface area contributed by atoms with E-state index in [4.69, 9.17) is 16.9 Å². The van der Waals surface area contributed by atoms with E-state index in [0.717, 1.165) is 11.1 Å². The third-order valence-electron chi connectivity index (χ3n) is 2.52. The Morgan fingerprint density at radius 2 is 2.20 bits per heavy atom. The smallest absolute Gasteiger partial charge is 0.238 e. The molecule has 0 fully saturated rings. The van der Waals surface area contributed by atoms with Crippen LogP contribution in [-0.4, -0.2) is 16.7 Å². The van der Waals surface area contributed by atoms with E-state index in [9.17, 15) is 4.79 Å². The van der Waals surface area contributed by atoms with Gasteiger partial charge >= 0.3 is 0 Å². The number of benzene rings is 1. The van der Waals surface area contributed by atoms with Gasteiger partial charge in [0.15, 0.2) is 0 Å². The maximum Gasteiger partial charge on any atom is 0.238 e. The highest BCUT2D eigenvalue weighted by atomic mass is 35.5. The Bertz CT molecular complexity index is 450. The lowest BCUT2D eigenvalue weighted by atomic mass is 10.1. The average Bonchev–Trinajstić information content (AvgIpc) is 2.70. The van der Waals surface area contributed by atoms with E-state index in [1.165, 1.54) is 0 Å².